The summed E-state index contributed by atoms with van der Waals surface area (Å²) in [4.78, 5) is 0. The van der Waals surface area contributed by atoms with Gasteiger partial charge in [0.15, 0.2) is 0 Å². The molecule has 21 heavy (non-hydrogen) atoms. The molecular formula is C16H23NO3S. The fourth-order valence-electron chi connectivity index (χ4n) is 3.04. The molecule has 1 atom stereocenters. The Morgan fingerprint density at radius 1 is 1.14 bits per heavy atom. The largest absolute Gasteiger partial charge is 0.381 e. The molecule has 1 saturated heterocycles. The lowest BCUT2D eigenvalue weighted by Gasteiger charge is -2.27. The van der Waals surface area contributed by atoms with E-state index in [-0.39, 0.29) is 11.3 Å². The summed E-state index contributed by atoms with van der Waals surface area (Å²) in [7, 11) is -3.28. The van der Waals surface area contributed by atoms with E-state index in [9.17, 15) is 8.42 Å². The van der Waals surface area contributed by atoms with Crippen molar-refractivity contribution < 1.29 is 13.2 Å². The molecule has 1 aromatic carbocycles. The molecule has 5 heteroatoms. The molecule has 2 fully saturated rings. The van der Waals surface area contributed by atoms with Gasteiger partial charge in [0, 0.05) is 19.3 Å². The number of aryl methyl sites for hydroxylation is 1. The van der Waals surface area contributed by atoms with Gasteiger partial charge in [0.1, 0.15) is 0 Å². The number of benzene rings is 1. The van der Waals surface area contributed by atoms with Crippen molar-refractivity contribution in [1.82, 2.24) is 4.72 Å². The molecular weight excluding hydrogens is 286 g/mol. The van der Waals surface area contributed by atoms with Gasteiger partial charge in [0.2, 0.25) is 10.0 Å². The highest BCUT2D eigenvalue weighted by atomic mass is 32.2. The van der Waals surface area contributed by atoms with Crippen LogP contribution in [0, 0.1) is 12.8 Å². The maximum atomic E-state index is 12.6. The summed E-state index contributed by atoms with van der Waals surface area (Å²) in [5.41, 5.74) is 2.28. The number of nitrogens with one attached hydrogen (secondary N) is 1. The van der Waals surface area contributed by atoms with Gasteiger partial charge in [-0.25, -0.2) is 13.1 Å². The minimum Gasteiger partial charge on any atom is -0.381 e. The predicted molar refractivity (Wildman–Crippen MR) is 82.5 cm³/mol. The van der Waals surface area contributed by atoms with Crippen LogP contribution in [0.5, 0.6) is 0 Å². The van der Waals surface area contributed by atoms with E-state index < -0.39 is 10.0 Å². The Hall–Kier alpha value is -0.910. The van der Waals surface area contributed by atoms with Crippen molar-refractivity contribution in [2.24, 2.45) is 5.92 Å². The highest BCUT2D eigenvalue weighted by Gasteiger charge is 2.38. The van der Waals surface area contributed by atoms with Gasteiger partial charge in [-0.2, -0.15) is 0 Å². The van der Waals surface area contributed by atoms with E-state index in [0.29, 0.717) is 32.0 Å². The van der Waals surface area contributed by atoms with Crippen LogP contribution in [-0.4, -0.2) is 26.9 Å². The van der Waals surface area contributed by atoms with Crippen molar-refractivity contribution >= 4 is 10.0 Å². The monoisotopic (exact) mass is 309 g/mol. The number of ether oxygens (including phenoxy) is 1. The Bertz CT molecular complexity index is 589. The van der Waals surface area contributed by atoms with E-state index >= 15 is 0 Å². The van der Waals surface area contributed by atoms with Crippen LogP contribution in [0.1, 0.15) is 42.9 Å². The van der Waals surface area contributed by atoms with Gasteiger partial charge in [-0.3, -0.25) is 0 Å². The van der Waals surface area contributed by atoms with Gasteiger partial charge < -0.3 is 4.74 Å². The zero-order chi connectivity index (χ0) is 14.9. The zero-order valence-corrected chi connectivity index (χ0v) is 13.2. The highest BCUT2D eigenvalue weighted by molar-refractivity contribution is 7.90. The molecule has 2 aliphatic rings. The van der Waals surface area contributed by atoms with Crippen LogP contribution in [0.3, 0.4) is 0 Å². The Morgan fingerprint density at radius 3 is 2.43 bits per heavy atom. The SMILES string of the molecule is Cc1ccccc1[C@H](NS(=O)(=O)C1CCOCC1)C1CC1. The van der Waals surface area contributed by atoms with Crippen molar-refractivity contribution in [3.8, 4) is 0 Å². The zero-order valence-electron chi connectivity index (χ0n) is 12.4. The van der Waals surface area contributed by atoms with Crippen molar-refractivity contribution in [1.29, 1.82) is 0 Å². The summed E-state index contributed by atoms with van der Waals surface area (Å²) in [5, 5.41) is -0.309. The topological polar surface area (TPSA) is 55.4 Å². The van der Waals surface area contributed by atoms with Gasteiger partial charge in [0.25, 0.3) is 0 Å². The van der Waals surface area contributed by atoms with Gasteiger partial charge >= 0.3 is 0 Å². The minimum atomic E-state index is -3.28. The van der Waals surface area contributed by atoms with Gasteiger partial charge in [0.05, 0.1) is 5.25 Å². The van der Waals surface area contributed by atoms with E-state index in [2.05, 4.69) is 4.72 Å². The molecule has 0 radical (unpaired) electrons. The first kappa shape index (κ1) is 15.0. The molecule has 0 unspecified atom stereocenters. The van der Waals surface area contributed by atoms with Gasteiger partial charge in [-0.05, 0) is 49.7 Å². The van der Waals surface area contributed by atoms with Crippen molar-refractivity contribution in [3.05, 3.63) is 35.4 Å². The predicted octanol–water partition coefficient (Wildman–Crippen LogP) is 2.54. The molecule has 1 heterocycles. The van der Waals surface area contributed by atoms with E-state index in [1.54, 1.807) is 0 Å². The van der Waals surface area contributed by atoms with Crippen LogP contribution >= 0.6 is 0 Å². The first-order chi connectivity index (χ1) is 10.1. The standard InChI is InChI=1S/C16H23NO3S/c1-12-4-2-3-5-15(12)16(13-6-7-13)17-21(18,19)14-8-10-20-11-9-14/h2-5,13-14,16-17H,6-11H2,1H3/t16-/m1/s1. The molecule has 1 N–H and O–H groups in total. The van der Waals surface area contributed by atoms with Crippen molar-refractivity contribution in [3.63, 3.8) is 0 Å². The second-order valence-corrected chi connectivity index (χ2v) is 8.14. The first-order valence-electron chi connectivity index (χ1n) is 7.72. The Kier molecular flexibility index (Phi) is 4.33. The van der Waals surface area contributed by atoms with Crippen LogP contribution < -0.4 is 4.72 Å². The Labute approximate surface area is 126 Å². The fourth-order valence-corrected chi connectivity index (χ4v) is 4.72. The molecule has 1 aliphatic carbocycles. The van der Waals surface area contributed by atoms with Crippen LogP contribution in [0.2, 0.25) is 0 Å². The molecule has 0 amide bonds. The maximum Gasteiger partial charge on any atom is 0.215 e. The number of sulfonamides is 1. The van der Waals surface area contributed by atoms with Gasteiger partial charge in [-0.15, -0.1) is 0 Å². The average molecular weight is 309 g/mol. The molecule has 116 valence electrons. The lowest BCUT2D eigenvalue weighted by atomic mass is 9.99. The summed E-state index contributed by atoms with van der Waals surface area (Å²) in [5.74, 6) is 0.445. The van der Waals surface area contributed by atoms with Crippen molar-refractivity contribution in [2.45, 2.75) is 43.9 Å². The molecule has 1 aliphatic heterocycles. The summed E-state index contributed by atoms with van der Waals surface area (Å²) in [6.45, 7) is 3.14. The quantitative estimate of drug-likeness (QED) is 0.909. The van der Waals surface area contributed by atoms with E-state index in [1.165, 1.54) is 0 Å². The van der Waals surface area contributed by atoms with E-state index in [1.807, 2.05) is 31.2 Å². The molecule has 0 bridgehead atoms. The highest BCUT2D eigenvalue weighted by Crippen LogP contribution is 2.42. The number of rotatable bonds is 5. The first-order valence-corrected chi connectivity index (χ1v) is 9.27. The molecule has 0 spiro atoms. The number of hydrogen-bond acceptors (Lipinski definition) is 3. The summed E-state index contributed by atoms with van der Waals surface area (Å²) >= 11 is 0. The lowest BCUT2D eigenvalue weighted by Crippen LogP contribution is -2.40. The molecule has 0 aromatic heterocycles. The smallest absolute Gasteiger partial charge is 0.215 e. The second-order valence-electron chi connectivity index (χ2n) is 6.15. The fraction of sp³-hybridized carbons (Fsp3) is 0.625. The normalized spacial score (nSPS) is 22.1. The maximum absolute atomic E-state index is 12.6. The Morgan fingerprint density at radius 2 is 1.81 bits per heavy atom. The Balaban J connectivity index is 1.81. The third kappa shape index (κ3) is 3.47. The van der Waals surface area contributed by atoms with Crippen LogP contribution in [0.25, 0.3) is 0 Å². The van der Waals surface area contributed by atoms with Crippen LogP contribution in [0.15, 0.2) is 24.3 Å². The minimum absolute atomic E-state index is 0.0703. The van der Waals surface area contributed by atoms with E-state index in [4.69, 9.17) is 4.74 Å². The molecule has 3 rings (SSSR count). The molecule has 4 nitrogen and oxygen atoms in total. The average Bonchev–Trinajstić information content (AvgIpc) is 3.31. The lowest BCUT2D eigenvalue weighted by molar-refractivity contribution is 0.0980. The number of hydrogen-bond donors (Lipinski definition) is 1. The third-order valence-corrected chi connectivity index (χ3v) is 6.45. The van der Waals surface area contributed by atoms with E-state index in [0.717, 1.165) is 24.0 Å². The summed E-state index contributed by atoms with van der Waals surface area (Å²) in [6.07, 6.45) is 3.41. The third-order valence-electron chi connectivity index (χ3n) is 4.52. The van der Waals surface area contributed by atoms with Crippen LogP contribution in [0.4, 0.5) is 0 Å². The summed E-state index contributed by atoms with van der Waals surface area (Å²) in [6, 6.07) is 8.01. The van der Waals surface area contributed by atoms with Gasteiger partial charge in [-0.1, -0.05) is 24.3 Å². The molecule has 1 saturated carbocycles. The van der Waals surface area contributed by atoms with Crippen molar-refractivity contribution in [2.75, 3.05) is 13.2 Å². The summed E-state index contributed by atoms with van der Waals surface area (Å²) < 4.78 is 33.6. The van der Waals surface area contributed by atoms with Crippen LogP contribution in [-0.2, 0) is 14.8 Å². The second kappa shape index (κ2) is 6.07. The molecule has 1 aromatic rings.